The third kappa shape index (κ3) is 2.36. The Kier molecular flexibility index (Phi) is 3.09. The van der Waals surface area contributed by atoms with Crippen LogP contribution in [0.15, 0.2) is 41.4 Å². The Morgan fingerprint density at radius 3 is 2.50 bits per heavy atom. The number of hydrogen-bond donors (Lipinski definition) is 1. The number of aromatic nitrogens is 1. The van der Waals surface area contributed by atoms with Crippen LogP contribution in [-0.2, 0) is 9.84 Å². The molecule has 2 rings (SSSR count). The molecule has 0 aliphatic carbocycles. The minimum absolute atomic E-state index is 0.292. The molecule has 0 unspecified atom stereocenters. The molecule has 0 aliphatic rings. The summed E-state index contributed by atoms with van der Waals surface area (Å²) in [4.78, 5) is 4.45. The van der Waals surface area contributed by atoms with E-state index in [2.05, 4.69) is 4.98 Å². The lowest BCUT2D eigenvalue weighted by atomic mass is 10.0. The zero-order valence-corrected chi connectivity index (χ0v) is 11.0. The van der Waals surface area contributed by atoms with Crippen LogP contribution in [0.4, 0.5) is 5.69 Å². The summed E-state index contributed by atoms with van der Waals surface area (Å²) < 4.78 is 23.5. The quantitative estimate of drug-likeness (QED) is 0.899. The highest BCUT2D eigenvalue weighted by Gasteiger charge is 2.15. The Balaban J connectivity index is 2.76. The standard InChI is InChI=1S/C13H14N2O2S/c1-9-12(7-10(14)8-15-9)11-5-3-4-6-13(11)18(2,16)17/h3-8H,14H2,1-2H3. The fraction of sp³-hybridized carbons (Fsp3) is 0.154. The number of benzene rings is 1. The van der Waals surface area contributed by atoms with Crippen molar-refractivity contribution in [3.8, 4) is 11.1 Å². The zero-order chi connectivity index (χ0) is 13.3. The van der Waals surface area contributed by atoms with Crippen molar-refractivity contribution in [2.45, 2.75) is 11.8 Å². The number of pyridine rings is 1. The summed E-state index contributed by atoms with van der Waals surface area (Å²) >= 11 is 0. The van der Waals surface area contributed by atoms with Gasteiger partial charge in [0.25, 0.3) is 0 Å². The summed E-state index contributed by atoms with van der Waals surface area (Å²) in [6, 6.07) is 8.60. The van der Waals surface area contributed by atoms with Gasteiger partial charge in [0.05, 0.1) is 16.8 Å². The molecular formula is C13H14N2O2S. The van der Waals surface area contributed by atoms with E-state index in [0.29, 0.717) is 16.1 Å². The van der Waals surface area contributed by atoms with Gasteiger partial charge in [0, 0.05) is 23.1 Å². The van der Waals surface area contributed by atoms with Gasteiger partial charge in [0.1, 0.15) is 0 Å². The molecule has 5 heteroatoms. The molecule has 1 aromatic heterocycles. The molecule has 1 heterocycles. The highest BCUT2D eigenvalue weighted by atomic mass is 32.2. The molecule has 0 amide bonds. The summed E-state index contributed by atoms with van der Waals surface area (Å²) in [5, 5.41) is 0. The first-order valence-corrected chi connectivity index (χ1v) is 7.30. The second-order valence-electron chi connectivity index (χ2n) is 4.17. The van der Waals surface area contributed by atoms with Crippen LogP contribution in [0.3, 0.4) is 0 Å². The predicted octanol–water partition coefficient (Wildman–Crippen LogP) is 2.04. The molecule has 94 valence electrons. The number of nitrogen functional groups attached to an aromatic ring is 1. The lowest BCUT2D eigenvalue weighted by Crippen LogP contribution is -2.01. The number of nitrogens with two attached hydrogens (primary N) is 1. The zero-order valence-electron chi connectivity index (χ0n) is 10.2. The van der Waals surface area contributed by atoms with Crippen LogP contribution in [-0.4, -0.2) is 19.7 Å². The van der Waals surface area contributed by atoms with Gasteiger partial charge in [0.2, 0.25) is 0 Å². The van der Waals surface area contributed by atoms with Crippen molar-refractivity contribution in [2.75, 3.05) is 12.0 Å². The highest BCUT2D eigenvalue weighted by molar-refractivity contribution is 7.90. The first-order chi connectivity index (χ1) is 8.39. The average Bonchev–Trinajstić information content (AvgIpc) is 2.31. The SMILES string of the molecule is Cc1ncc(N)cc1-c1ccccc1S(C)(=O)=O. The van der Waals surface area contributed by atoms with Crippen molar-refractivity contribution in [3.05, 3.63) is 42.2 Å². The van der Waals surface area contributed by atoms with E-state index in [-0.39, 0.29) is 0 Å². The molecule has 0 saturated carbocycles. The molecule has 18 heavy (non-hydrogen) atoms. The van der Waals surface area contributed by atoms with Gasteiger partial charge in [-0.3, -0.25) is 4.98 Å². The number of rotatable bonds is 2. The third-order valence-electron chi connectivity index (χ3n) is 2.68. The molecule has 4 nitrogen and oxygen atoms in total. The molecule has 2 N–H and O–H groups in total. The summed E-state index contributed by atoms with van der Waals surface area (Å²) in [7, 11) is -3.28. The maximum absolute atomic E-state index is 11.8. The first-order valence-electron chi connectivity index (χ1n) is 5.41. The van der Waals surface area contributed by atoms with Gasteiger partial charge in [-0.2, -0.15) is 0 Å². The molecule has 0 aliphatic heterocycles. The molecule has 1 aromatic carbocycles. The van der Waals surface area contributed by atoms with Gasteiger partial charge in [-0.05, 0) is 19.1 Å². The lowest BCUT2D eigenvalue weighted by molar-refractivity contribution is 0.602. The fourth-order valence-electron chi connectivity index (χ4n) is 1.83. The van der Waals surface area contributed by atoms with Gasteiger partial charge in [-0.15, -0.1) is 0 Å². The third-order valence-corrected chi connectivity index (χ3v) is 3.84. The van der Waals surface area contributed by atoms with Crippen LogP contribution < -0.4 is 5.73 Å². The molecule has 0 saturated heterocycles. The Hall–Kier alpha value is -1.88. The van der Waals surface area contributed by atoms with E-state index in [1.807, 2.05) is 6.92 Å². The van der Waals surface area contributed by atoms with Crippen molar-refractivity contribution >= 4 is 15.5 Å². The van der Waals surface area contributed by atoms with E-state index < -0.39 is 9.84 Å². The van der Waals surface area contributed by atoms with Crippen LogP contribution in [0.2, 0.25) is 0 Å². The van der Waals surface area contributed by atoms with Gasteiger partial charge in [-0.1, -0.05) is 18.2 Å². The van der Waals surface area contributed by atoms with Crippen LogP contribution in [0.5, 0.6) is 0 Å². The van der Waals surface area contributed by atoms with Crippen LogP contribution in [0.1, 0.15) is 5.69 Å². The molecule has 0 spiro atoms. The van der Waals surface area contributed by atoms with E-state index in [9.17, 15) is 8.42 Å². The number of sulfone groups is 1. The second-order valence-corrected chi connectivity index (χ2v) is 6.15. The summed E-state index contributed by atoms with van der Waals surface area (Å²) in [6.45, 7) is 1.83. The molecule has 2 aromatic rings. The molecular weight excluding hydrogens is 248 g/mol. The van der Waals surface area contributed by atoms with Gasteiger partial charge in [0.15, 0.2) is 9.84 Å². The minimum atomic E-state index is -3.28. The van der Waals surface area contributed by atoms with E-state index in [0.717, 1.165) is 11.3 Å². The van der Waals surface area contributed by atoms with Crippen LogP contribution >= 0.6 is 0 Å². The fourth-order valence-corrected chi connectivity index (χ4v) is 2.74. The number of hydrogen-bond acceptors (Lipinski definition) is 4. The van der Waals surface area contributed by atoms with Crippen molar-refractivity contribution in [3.63, 3.8) is 0 Å². The Morgan fingerprint density at radius 1 is 1.17 bits per heavy atom. The number of nitrogens with zero attached hydrogens (tertiary/aromatic N) is 1. The largest absolute Gasteiger partial charge is 0.397 e. The minimum Gasteiger partial charge on any atom is -0.397 e. The molecule has 0 bridgehead atoms. The molecule has 0 radical (unpaired) electrons. The second kappa shape index (κ2) is 4.42. The normalized spacial score (nSPS) is 11.4. The topological polar surface area (TPSA) is 73.0 Å². The van der Waals surface area contributed by atoms with Crippen molar-refractivity contribution in [1.29, 1.82) is 0 Å². The Morgan fingerprint density at radius 2 is 1.83 bits per heavy atom. The van der Waals surface area contributed by atoms with Crippen LogP contribution in [0.25, 0.3) is 11.1 Å². The first kappa shape index (κ1) is 12.6. The van der Waals surface area contributed by atoms with Crippen molar-refractivity contribution in [1.82, 2.24) is 4.98 Å². The summed E-state index contributed by atoms with van der Waals surface area (Å²) in [5.74, 6) is 0. The van der Waals surface area contributed by atoms with Crippen molar-refractivity contribution in [2.24, 2.45) is 0 Å². The Labute approximate surface area is 106 Å². The maximum atomic E-state index is 11.8. The van der Waals surface area contributed by atoms with Crippen molar-refractivity contribution < 1.29 is 8.42 Å². The molecule has 0 atom stereocenters. The smallest absolute Gasteiger partial charge is 0.176 e. The van der Waals surface area contributed by atoms with Crippen LogP contribution in [0, 0.1) is 6.92 Å². The number of anilines is 1. The average molecular weight is 262 g/mol. The van der Waals surface area contributed by atoms with Gasteiger partial charge in [-0.25, -0.2) is 8.42 Å². The van der Waals surface area contributed by atoms with E-state index in [1.165, 1.54) is 6.26 Å². The molecule has 0 fully saturated rings. The highest BCUT2D eigenvalue weighted by Crippen LogP contribution is 2.29. The van der Waals surface area contributed by atoms with E-state index in [4.69, 9.17) is 5.73 Å². The number of aryl methyl sites for hydroxylation is 1. The lowest BCUT2D eigenvalue weighted by Gasteiger charge is -2.10. The maximum Gasteiger partial charge on any atom is 0.176 e. The summed E-state index contributed by atoms with van der Waals surface area (Å²) in [5.41, 5.74) is 8.36. The van der Waals surface area contributed by atoms with Gasteiger partial charge >= 0.3 is 0 Å². The monoisotopic (exact) mass is 262 g/mol. The van der Waals surface area contributed by atoms with Gasteiger partial charge < -0.3 is 5.73 Å². The van der Waals surface area contributed by atoms with E-state index >= 15 is 0 Å². The Bertz CT molecular complexity index is 694. The predicted molar refractivity (Wildman–Crippen MR) is 71.9 cm³/mol. The van der Waals surface area contributed by atoms with E-state index in [1.54, 1.807) is 36.5 Å². The summed E-state index contributed by atoms with van der Waals surface area (Å²) in [6.07, 6.45) is 2.75.